The largest absolute Gasteiger partial charge is 0.319 e. The van der Waals surface area contributed by atoms with Crippen LogP contribution in [0, 0.1) is 0 Å². The fourth-order valence-electron chi connectivity index (χ4n) is 2.01. The van der Waals surface area contributed by atoms with Crippen LogP contribution in [-0.2, 0) is 13.0 Å². The summed E-state index contributed by atoms with van der Waals surface area (Å²) in [5.74, 6) is 0. The van der Waals surface area contributed by atoms with E-state index in [-0.39, 0.29) is 0 Å². The molecular formula is C15H26N2. The van der Waals surface area contributed by atoms with Gasteiger partial charge in [0.25, 0.3) is 0 Å². The minimum Gasteiger partial charge on any atom is -0.319 e. The summed E-state index contributed by atoms with van der Waals surface area (Å²) in [6.07, 6.45) is 3.68. The smallest absolute Gasteiger partial charge is 0.0233 e. The molecule has 0 atom stereocenters. The highest BCUT2D eigenvalue weighted by Crippen LogP contribution is 2.12. The maximum Gasteiger partial charge on any atom is 0.0233 e. The Bertz CT molecular complexity index is 310. The average molecular weight is 234 g/mol. The summed E-state index contributed by atoms with van der Waals surface area (Å²) in [4.78, 5) is 2.42. The fourth-order valence-corrected chi connectivity index (χ4v) is 2.01. The van der Waals surface area contributed by atoms with Crippen LogP contribution >= 0.6 is 0 Å². The van der Waals surface area contributed by atoms with Crippen LogP contribution < -0.4 is 5.32 Å². The molecule has 17 heavy (non-hydrogen) atoms. The zero-order chi connectivity index (χ0) is 12.5. The van der Waals surface area contributed by atoms with E-state index in [4.69, 9.17) is 0 Å². The zero-order valence-corrected chi connectivity index (χ0v) is 11.5. The Morgan fingerprint density at radius 2 is 1.88 bits per heavy atom. The van der Waals surface area contributed by atoms with E-state index in [1.807, 2.05) is 7.05 Å². The fraction of sp³-hybridized carbons (Fsp3) is 0.600. The Kier molecular flexibility index (Phi) is 6.90. The van der Waals surface area contributed by atoms with Crippen LogP contribution in [0.3, 0.4) is 0 Å². The monoisotopic (exact) mass is 234 g/mol. The molecule has 0 radical (unpaired) electrons. The van der Waals surface area contributed by atoms with E-state index < -0.39 is 0 Å². The number of likely N-dealkylation sites (N-methyl/N-ethyl adjacent to an activating group) is 1. The first-order valence-electron chi connectivity index (χ1n) is 6.67. The minimum atomic E-state index is 1.05. The van der Waals surface area contributed by atoms with Crippen molar-refractivity contribution in [1.29, 1.82) is 0 Å². The highest BCUT2D eigenvalue weighted by molar-refractivity contribution is 5.27. The molecule has 1 rings (SSSR count). The third-order valence-corrected chi connectivity index (χ3v) is 3.10. The zero-order valence-electron chi connectivity index (χ0n) is 11.5. The Morgan fingerprint density at radius 3 is 2.53 bits per heavy atom. The molecular weight excluding hydrogens is 208 g/mol. The average Bonchev–Trinajstić information content (AvgIpc) is 2.35. The molecule has 0 amide bonds. The van der Waals surface area contributed by atoms with Crippen LogP contribution in [0.2, 0.25) is 0 Å². The first-order valence-corrected chi connectivity index (χ1v) is 6.67. The highest BCUT2D eigenvalue weighted by Gasteiger charge is 2.04. The van der Waals surface area contributed by atoms with Gasteiger partial charge in [0.05, 0.1) is 0 Å². The summed E-state index contributed by atoms with van der Waals surface area (Å²) in [6.45, 7) is 5.56. The first-order chi connectivity index (χ1) is 8.27. The van der Waals surface area contributed by atoms with E-state index in [1.54, 1.807) is 0 Å². The van der Waals surface area contributed by atoms with Gasteiger partial charge in [-0.3, -0.25) is 0 Å². The van der Waals surface area contributed by atoms with Crippen molar-refractivity contribution in [3.05, 3.63) is 35.4 Å². The quantitative estimate of drug-likeness (QED) is 0.744. The molecule has 0 saturated heterocycles. The lowest BCUT2D eigenvalue weighted by Crippen LogP contribution is -2.20. The summed E-state index contributed by atoms with van der Waals surface area (Å²) in [5, 5.41) is 3.22. The number of nitrogens with zero attached hydrogens (tertiary/aromatic N) is 1. The van der Waals surface area contributed by atoms with Gasteiger partial charge in [0, 0.05) is 6.54 Å². The molecule has 0 spiro atoms. The molecule has 0 aliphatic carbocycles. The summed E-state index contributed by atoms with van der Waals surface area (Å²) in [7, 11) is 4.22. The number of hydrogen-bond donors (Lipinski definition) is 1. The van der Waals surface area contributed by atoms with Crippen LogP contribution in [0.15, 0.2) is 24.3 Å². The first kappa shape index (κ1) is 14.2. The van der Waals surface area contributed by atoms with Crippen molar-refractivity contribution in [1.82, 2.24) is 10.2 Å². The minimum absolute atomic E-state index is 1.05. The highest BCUT2D eigenvalue weighted by atomic mass is 15.1. The van der Waals surface area contributed by atoms with Crippen molar-refractivity contribution in [2.24, 2.45) is 0 Å². The van der Waals surface area contributed by atoms with Crippen LogP contribution in [0.1, 0.15) is 30.9 Å². The molecule has 0 aromatic heterocycles. The number of hydrogen-bond acceptors (Lipinski definition) is 2. The van der Waals surface area contributed by atoms with Crippen molar-refractivity contribution in [2.75, 3.05) is 27.2 Å². The standard InChI is InChI=1S/C15H26N2/c1-4-5-12-17(3)13-15-9-7-6-8-14(15)10-11-16-2/h6-9,16H,4-5,10-13H2,1-3H3. The third-order valence-electron chi connectivity index (χ3n) is 3.10. The second-order valence-corrected chi connectivity index (χ2v) is 4.71. The van der Waals surface area contributed by atoms with Gasteiger partial charge >= 0.3 is 0 Å². The molecule has 0 heterocycles. The van der Waals surface area contributed by atoms with Gasteiger partial charge in [-0.1, -0.05) is 37.6 Å². The third kappa shape index (κ3) is 5.33. The molecule has 1 aromatic rings. The lowest BCUT2D eigenvalue weighted by atomic mass is 10.0. The molecule has 1 N–H and O–H groups in total. The van der Waals surface area contributed by atoms with Crippen LogP contribution in [0.5, 0.6) is 0 Å². The summed E-state index contributed by atoms with van der Waals surface area (Å²) >= 11 is 0. The van der Waals surface area contributed by atoms with Crippen molar-refractivity contribution < 1.29 is 0 Å². The molecule has 1 aromatic carbocycles. The summed E-state index contributed by atoms with van der Waals surface area (Å²) in [6, 6.07) is 8.79. The number of unbranched alkanes of at least 4 members (excludes halogenated alkanes) is 1. The lowest BCUT2D eigenvalue weighted by Gasteiger charge is -2.18. The number of rotatable bonds is 8. The van der Waals surface area contributed by atoms with Gasteiger partial charge in [0.15, 0.2) is 0 Å². The van der Waals surface area contributed by atoms with Gasteiger partial charge in [0.2, 0.25) is 0 Å². The van der Waals surface area contributed by atoms with Gasteiger partial charge in [0.1, 0.15) is 0 Å². The van der Waals surface area contributed by atoms with E-state index >= 15 is 0 Å². The molecule has 0 saturated carbocycles. The van der Waals surface area contributed by atoms with Gasteiger partial charge in [-0.15, -0.1) is 0 Å². The van der Waals surface area contributed by atoms with Crippen molar-refractivity contribution >= 4 is 0 Å². The Balaban J connectivity index is 2.56. The van der Waals surface area contributed by atoms with Crippen molar-refractivity contribution in [2.45, 2.75) is 32.7 Å². The van der Waals surface area contributed by atoms with Crippen molar-refractivity contribution in [3.63, 3.8) is 0 Å². The molecule has 2 nitrogen and oxygen atoms in total. The maximum absolute atomic E-state index is 3.22. The molecule has 0 unspecified atom stereocenters. The maximum atomic E-state index is 3.22. The second-order valence-electron chi connectivity index (χ2n) is 4.71. The Labute approximate surface area is 106 Å². The second kappa shape index (κ2) is 8.26. The molecule has 0 bridgehead atoms. The normalized spacial score (nSPS) is 11.1. The predicted molar refractivity (Wildman–Crippen MR) is 75.3 cm³/mol. The van der Waals surface area contributed by atoms with Gasteiger partial charge in [-0.2, -0.15) is 0 Å². The van der Waals surface area contributed by atoms with Gasteiger partial charge in [-0.25, -0.2) is 0 Å². The van der Waals surface area contributed by atoms with E-state index in [9.17, 15) is 0 Å². The molecule has 0 aliphatic heterocycles. The van der Waals surface area contributed by atoms with Crippen LogP contribution in [-0.4, -0.2) is 32.1 Å². The SMILES string of the molecule is CCCCN(C)Cc1ccccc1CCNC. The molecule has 0 aliphatic rings. The van der Waals surface area contributed by atoms with Crippen LogP contribution in [0.25, 0.3) is 0 Å². The van der Waals surface area contributed by atoms with E-state index in [1.165, 1.54) is 30.5 Å². The Morgan fingerprint density at radius 1 is 1.18 bits per heavy atom. The number of benzene rings is 1. The number of nitrogens with one attached hydrogen (secondary N) is 1. The molecule has 2 heteroatoms. The van der Waals surface area contributed by atoms with E-state index in [0.717, 1.165) is 19.5 Å². The van der Waals surface area contributed by atoms with E-state index in [2.05, 4.69) is 48.5 Å². The Hall–Kier alpha value is -0.860. The van der Waals surface area contributed by atoms with Crippen molar-refractivity contribution in [3.8, 4) is 0 Å². The van der Waals surface area contributed by atoms with E-state index in [0.29, 0.717) is 0 Å². The topological polar surface area (TPSA) is 15.3 Å². The summed E-state index contributed by atoms with van der Waals surface area (Å²) in [5.41, 5.74) is 2.95. The lowest BCUT2D eigenvalue weighted by molar-refractivity contribution is 0.320. The van der Waals surface area contributed by atoms with Gasteiger partial charge in [-0.05, 0) is 51.2 Å². The predicted octanol–water partition coefficient (Wildman–Crippen LogP) is 2.68. The van der Waals surface area contributed by atoms with Crippen LogP contribution in [0.4, 0.5) is 0 Å². The molecule has 0 fully saturated rings. The summed E-state index contributed by atoms with van der Waals surface area (Å²) < 4.78 is 0. The molecule has 96 valence electrons. The van der Waals surface area contributed by atoms with Gasteiger partial charge < -0.3 is 10.2 Å².